The number of carbonyl (C=O) groups is 1. The minimum absolute atomic E-state index is 0.0594. The topological polar surface area (TPSA) is 52.3 Å². The van der Waals surface area contributed by atoms with Crippen LogP contribution in [0.2, 0.25) is 0 Å². The number of alkyl halides is 1. The van der Waals surface area contributed by atoms with Crippen molar-refractivity contribution in [1.29, 1.82) is 0 Å². The van der Waals surface area contributed by atoms with Crippen LogP contribution < -0.4 is 5.73 Å². The van der Waals surface area contributed by atoms with E-state index < -0.39 is 18.2 Å². The largest absolute Gasteiger partial charge is 0.468 e. The molecule has 0 heterocycles. The van der Waals surface area contributed by atoms with Gasteiger partial charge in [-0.25, -0.2) is 4.39 Å². The first-order valence-corrected chi connectivity index (χ1v) is 5.08. The molecule has 0 fully saturated rings. The maximum Gasteiger partial charge on any atom is 0.322 e. The van der Waals surface area contributed by atoms with Crippen LogP contribution in [0.1, 0.15) is 23.7 Å². The van der Waals surface area contributed by atoms with Gasteiger partial charge >= 0.3 is 5.97 Å². The van der Waals surface area contributed by atoms with Crippen molar-refractivity contribution in [3.05, 3.63) is 35.4 Å². The Bertz CT molecular complexity index is 368. The van der Waals surface area contributed by atoms with Gasteiger partial charge in [0.05, 0.1) is 7.11 Å². The average Bonchev–Trinajstić information content (AvgIpc) is 2.27. The highest BCUT2D eigenvalue weighted by Gasteiger charge is 2.20. The number of rotatable bonds is 4. The number of ether oxygens (including phenoxy) is 1. The zero-order valence-corrected chi connectivity index (χ0v) is 9.44. The summed E-state index contributed by atoms with van der Waals surface area (Å²) in [5.41, 5.74) is 7.01. The molecule has 88 valence electrons. The van der Waals surface area contributed by atoms with E-state index in [0.29, 0.717) is 5.56 Å². The molecule has 0 spiro atoms. The summed E-state index contributed by atoms with van der Waals surface area (Å²) in [5, 5.41) is 0. The minimum Gasteiger partial charge on any atom is -0.468 e. The number of benzene rings is 1. The smallest absolute Gasteiger partial charge is 0.322 e. The molecule has 4 heteroatoms. The summed E-state index contributed by atoms with van der Waals surface area (Å²) in [6, 6.07) is 6.17. The molecule has 1 rings (SSSR count). The first kappa shape index (κ1) is 12.6. The molecule has 16 heavy (non-hydrogen) atoms. The molecule has 0 aromatic heterocycles. The molecule has 0 aliphatic carbocycles. The Morgan fingerprint density at radius 1 is 1.56 bits per heavy atom. The molecule has 0 aliphatic heterocycles. The van der Waals surface area contributed by atoms with Crippen LogP contribution in [-0.4, -0.2) is 19.1 Å². The third-order valence-corrected chi connectivity index (χ3v) is 2.37. The van der Waals surface area contributed by atoms with Gasteiger partial charge in [0.1, 0.15) is 12.2 Å². The van der Waals surface area contributed by atoms with Gasteiger partial charge < -0.3 is 10.5 Å². The molecule has 1 aromatic rings. The lowest BCUT2D eigenvalue weighted by atomic mass is 10.0. The normalized spacial score (nSPS) is 14.2. The highest BCUT2D eigenvalue weighted by atomic mass is 19.1. The fraction of sp³-hybridized carbons (Fsp3) is 0.417. The molecular formula is C12H16FNO2. The van der Waals surface area contributed by atoms with Crippen LogP contribution in [-0.2, 0) is 9.53 Å². The Balaban J connectivity index is 2.65. The van der Waals surface area contributed by atoms with Crippen molar-refractivity contribution in [2.24, 2.45) is 5.73 Å². The number of halogens is 1. The number of aryl methyl sites for hydroxylation is 1. The van der Waals surface area contributed by atoms with Gasteiger partial charge in [-0.15, -0.1) is 0 Å². The van der Waals surface area contributed by atoms with E-state index in [0.717, 1.165) is 5.56 Å². The molecule has 0 aliphatic rings. The fourth-order valence-corrected chi connectivity index (χ4v) is 1.47. The van der Waals surface area contributed by atoms with E-state index in [4.69, 9.17) is 5.73 Å². The van der Waals surface area contributed by atoms with Gasteiger partial charge in [-0.05, 0) is 12.5 Å². The van der Waals surface area contributed by atoms with Crippen molar-refractivity contribution in [3.8, 4) is 0 Å². The standard InChI is InChI=1S/C12H16FNO2/c1-8-4-3-5-9(6-8)10(13)7-11(14)12(15)16-2/h3-6,10-11H,7,14H2,1-2H3. The number of esters is 1. The third kappa shape index (κ3) is 3.31. The monoisotopic (exact) mass is 225 g/mol. The van der Waals surface area contributed by atoms with E-state index >= 15 is 0 Å². The molecule has 2 unspecified atom stereocenters. The Morgan fingerprint density at radius 2 is 2.25 bits per heavy atom. The van der Waals surface area contributed by atoms with Gasteiger partial charge in [-0.2, -0.15) is 0 Å². The Morgan fingerprint density at radius 3 is 2.81 bits per heavy atom. The Labute approximate surface area is 94.4 Å². The van der Waals surface area contributed by atoms with Crippen LogP contribution in [0, 0.1) is 6.92 Å². The van der Waals surface area contributed by atoms with E-state index in [2.05, 4.69) is 4.74 Å². The first-order chi connectivity index (χ1) is 7.54. The van der Waals surface area contributed by atoms with Crippen molar-refractivity contribution in [2.75, 3.05) is 7.11 Å². The van der Waals surface area contributed by atoms with E-state index in [9.17, 15) is 9.18 Å². The molecule has 0 saturated carbocycles. The summed E-state index contributed by atoms with van der Waals surface area (Å²) in [6.07, 6.45) is -1.30. The Kier molecular flexibility index (Phi) is 4.43. The molecule has 0 saturated heterocycles. The minimum atomic E-state index is -1.24. The number of hydrogen-bond donors (Lipinski definition) is 1. The molecule has 3 nitrogen and oxygen atoms in total. The highest BCUT2D eigenvalue weighted by molar-refractivity contribution is 5.75. The van der Waals surface area contributed by atoms with Crippen LogP contribution in [0.3, 0.4) is 0 Å². The summed E-state index contributed by atoms with van der Waals surface area (Å²) < 4.78 is 18.2. The van der Waals surface area contributed by atoms with Gasteiger partial charge in [0.2, 0.25) is 0 Å². The van der Waals surface area contributed by atoms with Gasteiger partial charge in [-0.3, -0.25) is 4.79 Å². The number of methoxy groups -OCH3 is 1. The third-order valence-electron chi connectivity index (χ3n) is 2.37. The van der Waals surface area contributed by atoms with E-state index in [1.165, 1.54) is 7.11 Å². The zero-order valence-electron chi connectivity index (χ0n) is 9.44. The molecular weight excluding hydrogens is 209 g/mol. The summed E-state index contributed by atoms with van der Waals surface area (Å²) in [4.78, 5) is 11.0. The predicted molar refractivity (Wildman–Crippen MR) is 59.6 cm³/mol. The van der Waals surface area contributed by atoms with Crippen molar-refractivity contribution in [1.82, 2.24) is 0 Å². The van der Waals surface area contributed by atoms with Crippen molar-refractivity contribution in [2.45, 2.75) is 25.6 Å². The summed E-state index contributed by atoms with van der Waals surface area (Å²) >= 11 is 0. The SMILES string of the molecule is COC(=O)C(N)CC(F)c1cccc(C)c1. The molecule has 2 N–H and O–H groups in total. The van der Waals surface area contributed by atoms with Crippen LogP contribution >= 0.6 is 0 Å². The second-order valence-electron chi connectivity index (χ2n) is 3.75. The fourth-order valence-electron chi connectivity index (χ4n) is 1.47. The van der Waals surface area contributed by atoms with E-state index in [1.54, 1.807) is 18.2 Å². The van der Waals surface area contributed by atoms with E-state index in [1.807, 2.05) is 13.0 Å². The lowest BCUT2D eigenvalue weighted by Crippen LogP contribution is -2.32. The summed E-state index contributed by atoms with van der Waals surface area (Å²) in [6.45, 7) is 1.89. The number of hydrogen-bond acceptors (Lipinski definition) is 3. The number of carbonyl (C=O) groups excluding carboxylic acids is 1. The lowest BCUT2D eigenvalue weighted by molar-refractivity contribution is -0.142. The average molecular weight is 225 g/mol. The second kappa shape index (κ2) is 5.61. The zero-order chi connectivity index (χ0) is 12.1. The van der Waals surface area contributed by atoms with Crippen LogP contribution in [0.25, 0.3) is 0 Å². The molecule has 0 radical (unpaired) electrons. The molecule has 0 amide bonds. The quantitative estimate of drug-likeness (QED) is 0.796. The van der Waals surface area contributed by atoms with Crippen LogP contribution in [0.15, 0.2) is 24.3 Å². The van der Waals surface area contributed by atoms with Crippen molar-refractivity contribution in [3.63, 3.8) is 0 Å². The summed E-state index contributed by atoms with van der Waals surface area (Å²) in [5.74, 6) is -0.588. The maximum absolute atomic E-state index is 13.8. The second-order valence-corrected chi connectivity index (χ2v) is 3.75. The van der Waals surface area contributed by atoms with Gasteiger partial charge in [-0.1, -0.05) is 29.8 Å². The Hall–Kier alpha value is -1.42. The highest BCUT2D eigenvalue weighted by Crippen LogP contribution is 2.23. The van der Waals surface area contributed by atoms with Gasteiger partial charge in [0.25, 0.3) is 0 Å². The van der Waals surface area contributed by atoms with E-state index in [-0.39, 0.29) is 6.42 Å². The van der Waals surface area contributed by atoms with Gasteiger partial charge in [0.15, 0.2) is 0 Å². The van der Waals surface area contributed by atoms with Crippen molar-refractivity contribution < 1.29 is 13.9 Å². The van der Waals surface area contributed by atoms with Crippen LogP contribution in [0.5, 0.6) is 0 Å². The van der Waals surface area contributed by atoms with Crippen LogP contribution in [0.4, 0.5) is 4.39 Å². The first-order valence-electron chi connectivity index (χ1n) is 5.08. The molecule has 1 aromatic carbocycles. The lowest BCUT2D eigenvalue weighted by Gasteiger charge is -2.13. The molecule has 2 atom stereocenters. The number of nitrogens with two attached hydrogens (primary N) is 1. The molecule has 0 bridgehead atoms. The van der Waals surface area contributed by atoms with Crippen molar-refractivity contribution >= 4 is 5.97 Å². The maximum atomic E-state index is 13.8. The summed E-state index contributed by atoms with van der Waals surface area (Å²) in [7, 11) is 1.24. The van der Waals surface area contributed by atoms with Gasteiger partial charge in [0, 0.05) is 6.42 Å². The predicted octanol–water partition coefficient (Wildman–Crippen LogP) is 1.90.